The van der Waals surface area contributed by atoms with Gasteiger partial charge in [-0.1, -0.05) is 41.5 Å². The highest BCUT2D eigenvalue weighted by Gasteiger charge is 2.68. The number of alkyl halides is 4. The van der Waals surface area contributed by atoms with Crippen LogP contribution in [0.2, 0.25) is 0 Å². The van der Waals surface area contributed by atoms with E-state index in [9.17, 15) is 56.0 Å². The lowest BCUT2D eigenvalue weighted by Crippen LogP contribution is -2.62. The van der Waals surface area contributed by atoms with Crippen LogP contribution in [0.5, 0.6) is 0 Å². The van der Waals surface area contributed by atoms with Crippen molar-refractivity contribution in [1.82, 2.24) is 5.32 Å². The highest BCUT2D eigenvalue weighted by molar-refractivity contribution is 7.90. The molecule has 8 aliphatic carbocycles. The van der Waals surface area contributed by atoms with Gasteiger partial charge in [0, 0.05) is 38.5 Å². The Balaban J connectivity index is 0.000000199. The van der Waals surface area contributed by atoms with Crippen LogP contribution in [0.25, 0.3) is 0 Å². The van der Waals surface area contributed by atoms with Gasteiger partial charge in [-0.25, -0.2) is 26.0 Å². The average Bonchev–Trinajstić information content (AvgIpc) is 3.74. The monoisotopic (exact) mass is 962 g/mol. The Labute approximate surface area is 391 Å². The number of halogens is 4. The number of carbonyl (C=O) groups excluding carboxylic acids is 1. The minimum Gasteiger partial charge on any atom is -0.481 e. The van der Waals surface area contributed by atoms with Crippen LogP contribution in [0, 0.1) is 92.7 Å². The molecule has 0 radical (unpaired) electrons. The molecule has 0 bridgehead atoms. The molecule has 8 saturated carbocycles. The predicted molar refractivity (Wildman–Crippen MR) is 243 cm³/mol. The van der Waals surface area contributed by atoms with Gasteiger partial charge < -0.3 is 30.8 Å². The molecule has 0 spiro atoms. The van der Waals surface area contributed by atoms with Crippen LogP contribution in [0.3, 0.4) is 0 Å². The van der Waals surface area contributed by atoms with Gasteiger partial charge in [0.25, 0.3) is 11.8 Å². The third kappa shape index (κ3) is 9.51. The topological polar surface area (TPSA) is 181 Å². The lowest BCUT2D eigenvalue weighted by Gasteiger charge is -2.63. The van der Waals surface area contributed by atoms with Gasteiger partial charge in [0.05, 0.1) is 18.0 Å². The molecule has 15 heteroatoms. The predicted octanol–water partition coefficient (Wildman–Crippen LogP) is 8.52. The summed E-state index contributed by atoms with van der Waals surface area (Å²) in [6.07, 6.45) is 7.03. The van der Waals surface area contributed by atoms with Crippen LogP contribution in [-0.4, -0.2) is 101 Å². The van der Waals surface area contributed by atoms with Crippen LogP contribution in [0.4, 0.5) is 17.6 Å². The second kappa shape index (κ2) is 18.6. The van der Waals surface area contributed by atoms with Crippen molar-refractivity contribution in [2.75, 3.05) is 18.6 Å². The number of amides is 1. The summed E-state index contributed by atoms with van der Waals surface area (Å²) in [6.45, 7) is 13.1. The maximum absolute atomic E-state index is 14.7. The summed E-state index contributed by atoms with van der Waals surface area (Å²) in [6, 6.07) is 0. The molecular weight excluding hydrogens is 879 g/mol. The summed E-state index contributed by atoms with van der Waals surface area (Å²) in [5.74, 6) is -5.04. The molecule has 6 unspecified atom stereocenters. The van der Waals surface area contributed by atoms with Crippen LogP contribution >= 0.6 is 0 Å². The Morgan fingerprint density at radius 2 is 1.02 bits per heavy atom. The molecule has 20 atom stereocenters. The summed E-state index contributed by atoms with van der Waals surface area (Å²) in [5.41, 5.74) is -1.06. The van der Waals surface area contributed by atoms with E-state index in [0.29, 0.717) is 55.3 Å². The van der Waals surface area contributed by atoms with Crippen molar-refractivity contribution in [1.29, 1.82) is 0 Å². The first-order chi connectivity index (χ1) is 30.5. The normalized spacial score (nSPS) is 47.5. The number of carboxylic acid groups (broad SMARTS) is 1. The van der Waals surface area contributed by atoms with Gasteiger partial charge in [0.2, 0.25) is 5.91 Å². The molecule has 8 rings (SSSR count). The lowest BCUT2D eigenvalue weighted by atomic mass is 9.43. The molecule has 0 saturated heterocycles. The molecule has 0 aromatic carbocycles. The summed E-state index contributed by atoms with van der Waals surface area (Å²) in [5, 5.41) is 54.3. The number of sulfone groups is 1. The van der Waals surface area contributed by atoms with Gasteiger partial charge >= 0.3 is 5.97 Å². The number of fused-ring (bicyclic) bond motifs is 10. The zero-order valence-electron chi connectivity index (χ0n) is 40.7. The van der Waals surface area contributed by atoms with E-state index in [1.807, 2.05) is 13.8 Å². The first-order valence-electron chi connectivity index (χ1n) is 25.6. The smallest absolute Gasteiger partial charge is 0.303 e. The Bertz CT molecular complexity index is 1890. The quantitative estimate of drug-likeness (QED) is 0.111. The van der Waals surface area contributed by atoms with E-state index >= 15 is 0 Å². The maximum Gasteiger partial charge on any atom is 0.303 e. The highest BCUT2D eigenvalue weighted by Crippen LogP contribution is 2.71. The molecule has 8 fully saturated rings. The van der Waals surface area contributed by atoms with Gasteiger partial charge in [0.1, 0.15) is 22.0 Å². The number of nitrogens with one attached hydrogen (secondary N) is 1. The van der Waals surface area contributed by atoms with Gasteiger partial charge in [0.15, 0.2) is 0 Å². The first kappa shape index (κ1) is 52.3. The van der Waals surface area contributed by atoms with Crippen molar-refractivity contribution in [3.05, 3.63) is 0 Å². The second-order valence-electron chi connectivity index (χ2n) is 24.8. The number of hydrogen-bond donors (Lipinski definition) is 6. The summed E-state index contributed by atoms with van der Waals surface area (Å²) in [4.78, 5) is 23.3. The average molecular weight is 962 g/mol. The Kier molecular flexibility index (Phi) is 14.7. The Morgan fingerprint density at radius 3 is 1.41 bits per heavy atom. The molecule has 380 valence electrons. The maximum atomic E-state index is 14.7. The number of aliphatic carboxylic acids is 1. The standard InChI is InChI=1S/C27H45F2NO5S.C24H38F2O4/c1-16(5-8-23(33)30-11-12-36(4,34)35)18-6-7-19-24-20(9-10-25(18,19)2)26(3)15-27(28,29)22(32)14-17(26)13-21(24)31;1-13(4-7-20(29)30)15-5-6-16-21-17(8-9-22(15,16)2)23(3)12-24(25,26)19(28)11-14(23)10-18(21)27/h16-22,24,31-32H,5-15H2,1-4H3,(H,30,33);13-19,21,27-28H,4-12H2,1-3H3,(H,29,30)/t16-,17-,18-,19?,20?,21+,22-,24?,25-,26+;13-,14-,15-,16?,17?,18+,19-,21?,22-,23+/m11/s1. The molecule has 1 amide bonds. The van der Waals surface area contributed by atoms with Crippen LogP contribution < -0.4 is 5.32 Å². The zero-order chi connectivity index (χ0) is 48.7. The van der Waals surface area contributed by atoms with Gasteiger partial charge in [-0.05, 0) is 183 Å². The largest absolute Gasteiger partial charge is 0.481 e. The fourth-order valence-corrected chi connectivity index (χ4v) is 18.5. The van der Waals surface area contributed by atoms with Crippen molar-refractivity contribution in [2.24, 2.45) is 92.7 Å². The van der Waals surface area contributed by atoms with Crippen molar-refractivity contribution in [3.63, 3.8) is 0 Å². The summed E-state index contributed by atoms with van der Waals surface area (Å²) in [7, 11) is -3.11. The number of hydrogen-bond acceptors (Lipinski definition) is 8. The van der Waals surface area contributed by atoms with E-state index < -0.39 is 62.9 Å². The van der Waals surface area contributed by atoms with E-state index in [4.69, 9.17) is 5.11 Å². The van der Waals surface area contributed by atoms with Crippen LogP contribution in [-0.2, 0) is 19.4 Å². The molecule has 66 heavy (non-hydrogen) atoms. The van der Waals surface area contributed by atoms with Crippen molar-refractivity contribution in [3.8, 4) is 0 Å². The molecule has 6 N–H and O–H groups in total. The summed E-state index contributed by atoms with van der Waals surface area (Å²) < 4.78 is 81.1. The van der Waals surface area contributed by atoms with E-state index in [2.05, 4.69) is 33.0 Å². The highest BCUT2D eigenvalue weighted by atomic mass is 32.2. The molecule has 0 aliphatic heterocycles. The minimum absolute atomic E-state index is 0.00698. The molecular formula is C51H83F4NO9S. The van der Waals surface area contributed by atoms with E-state index in [0.717, 1.165) is 64.0 Å². The molecule has 0 aromatic rings. The van der Waals surface area contributed by atoms with Crippen molar-refractivity contribution in [2.45, 2.75) is 193 Å². The van der Waals surface area contributed by atoms with Gasteiger partial charge in [-0.3, -0.25) is 9.59 Å². The van der Waals surface area contributed by atoms with E-state index in [1.54, 1.807) is 0 Å². The molecule has 0 aromatic heterocycles. The number of aliphatic hydroxyl groups is 4. The molecule has 10 nitrogen and oxygen atoms in total. The third-order valence-corrected chi connectivity index (χ3v) is 22.3. The number of carboxylic acids is 1. The second-order valence-corrected chi connectivity index (χ2v) is 27.1. The fraction of sp³-hybridized carbons (Fsp3) is 0.961. The minimum atomic E-state index is -3.11. The van der Waals surface area contributed by atoms with Gasteiger partial charge in [-0.15, -0.1) is 0 Å². The van der Waals surface area contributed by atoms with E-state index in [1.165, 1.54) is 0 Å². The van der Waals surface area contributed by atoms with Gasteiger partial charge in [-0.2, -0.15) is 0 Å². The zero-order valence-corrected chi connectivity index (χ0v) is 41.5. The SMILES string of the molecule is C[C@H](CCC(=O)NCCS(C)(=O)=O)[C@H]1CCC2C3C(CC[C@@]21C)[C@@]1(C)CC(F)(F)[C@H](O)C[C@H]1C[C@@H]3O.C[C@H](CCC(=O)O)[C@H]1CCC2C3C(CC[C@@]21C)[C@@]1(C)CC(F)(F)[C@H](O)C[C@H]1C[C@@H]3O. The fourth-order valence-electron chi connectivity index (χ4n) is 18.0. The van der Waals surface area contributed by atoms with Crippen LogP contribution in [0.15, 0.2) is 0 Å². The Hall–Kier alpha value is -1.55. The molecule has 8 aliphatic rings. The van der Waals surface area contributed by atoms with Crippen LogP contribution in [0.1, 0.15) is 157 Å². The Morgan fingerprint density at radius 1 is 0.621 bits per heavy atom. The van der Waals surface area contributed by atoms with Crippen molar-refractivity contribution >= 4 is 21.7 Å². The number of rotatable bonds is 11. The third-order valence-electron chi connectivity index (χ3n) is 21.3. The van der Waals surface area contributed by atoms with Crippen molar-refractivity contribution < 1.29 is 61.1 Å². The molecule has 0 heterocycles. The number of carbonyl (C=O) groups is 2. The lowest BCUT2D eigenvalue weighted by molar-refractivity contribution is -0.236. The van der Waals surface area contributed by atoms with E-state index in [-0.39, 0.29) is 103 Å². The first-order valence-corrected chi connectivity index (χ1v) is 27.7. The number of aliphatic hydroxyl groups excluding tert-OH is 4. The summed E-state index contributed by atoms with van der Waals surface area (Å²) >= 11 is 0.